The number of nitrogens with zero attached hydrogens (tertiary/aromatic N) is 4. The molecular formula is C23H25FN4O. The van der Waals surface area contributed by atoms with E-state index in [0.29, 0.717) is 19.5 Å². The molecule has 1 saturated heterocycles. The standard InChI is InChI=1S/C23H25FN4O/c1-16(17-3-5-18(24)6-4-17)9-19-11-22(28-14-23(2,29)15-28)12-20(27-19)10-21-13-25-7-8-26-21/h3-8,11-13,16,29H,9-10,14-15H2,1-2H3/t16-/m1/s1. The quantitative estimate of drug-likeness (QED) is 0.696. The molecule has 3 heterocycles. The van der Waals surface area contributed by atoms with Crippen molar-refractivity contribution in [2.45, 2.75) is 38.2 Å². The van der Waals surface area contributed by atoms with Crippen LogP contribution in [0, 0.1) is 5.82 Å². The van der Waals surface area contributed by atoms with Gasteiger partial charge in [0.05, 0.1) is 11.3 Å². The van der Waals surface area contributed by atoms with Crippen LogP contribution in [0.15, 0.2) is 55.0 Å². The Morgan fingerprint density at radius 2 is 1.83 bits per heavy atom. The lowest BCUT2D eigenvalue weighted by Crippen LogP contribution is -2.60. The highest BCUT2D eigenvalue weighted by atomic mass is 19.1. The number of benzene rings is 1. The van der Waals surface area contributed by atoms with Gasteiger partial charge in [-0.25, -0.2) is 4.39 Å². The van der Waals surface area contributed by atoms with Gasteiger partial charge < -0.3 is 10.0 Å². The fourth-order valence-electron chi connectivity index (χ4n) is 3.80. The van der Waals surface area contributed by atoms with E-state index in [2.05, 4.69) is 33.9 Å². The normalized spacial score (nSPS) is 16.3. The molecular weight excluding hydrogens is 367 g/mol. The lowest BCUT2D eigenvalue weighted by Gasteiger charge is -2.46. The van der Waals surface area contributed by atoms with Gasteiger partial charge in [0.15, 0.2) is 0 Å². The Labute approximate surface area is 170 Å². The van der Waals surface area contributed by atoms with Gasteiger partial charge >= 0.3 is 0 Å². The molecule has 1 aliphatic rings. The number of hydrogen-bond acceptors (Lipinski definition) is 5. The van der Waals surface area contributed by atoms with Crippen molar-refractivity contribution in [3.05, 3.63) is 83.5 Å². The van der Waals surface area contributed by atoms with Crippen LogP contribution >= 0.6 is 0 Å². The SMILES string of the molecule is C[C@H](Cc1cc(N2CC(C)(O)C2)cc(Cc2cnccn2)n1)c1ccc(F)cc1. The summed E-state index contributed by atoms with van der Waals surface area (Å²) in [4.78, 5) is 15.5. The van der Waals surface area contributed by atoms with Crippen LogP contribution in [0.4, 0.5) is 10.1 Å². The number of rotatable bonds is 6. The van der Waals surface area contributed by atoms with Crippen LogP contribution in [-0.4, -0.2) is 38.7 Å². The van der Waals surface area contributed by atoms with Crippen molar-refractivity contribution in [2.24, 2.45) is 0 Å². The summed E-state index contributed by atoms with van der Waals surface area (Å²) in [5.41, 5.74) is 4.27. The summed E-state index contributed by atoms with van der Waals surface area (Å²) in [5.74, 6) is -0.0145. The Kier molecular flexibility index (Phi) is 5.28. The van der Waals surface area contributed by atoms with Gasteiger partial charge in [0.2, 0.25) is 0 Å². The lowest BCUT2D eigenvalue weighted by atomic mass is 9.94. The second kappa shape index (κ2) is 7.87. The summed E-state index contributed by atoms with van der Waals surface area (Å²) in [6.45, 7) is 5.18. The molecule has 1 fully saturated rings. The molecule has 1 aliphatic heterocycles. The van der Waals surface area contributed by atoms with Gasteiger partial charge in [-0.05, 0) is 49.1 Å². The minimum atomic E-state index is -0.643. The molecule has 29 heavy (non-hydrogen) atoms. The van der Waals surface area contributed by atoms with Crippen molar-refractivity contribution in [1.82, 2.24) is 15.0 Å². The van der Waals surface area contributed by atoms with Crippen molar-refractivity contribution < 1.29 is 9.50 Å². The van der Waals surface area contributed by atoms with E-state index in [9.17, 15) is 9.50 Å². The molecule has 0 unspecified atom stereocenters. The maximum absolute atomic E-state index is 13.2. The number of halogens is 1. The molecule has 0 aliphatic carbocycles. The van der Waals surface area contributed by atoms with Crippen LogP contribution in [-0.2, 0) is 12.8 Å². The molecule has 5 nitrogen and oxygen atoms in total. The molecule has 1 N–H and O–H groups in total. The molecule has 0 amide bonds. The molecule has 1 aromatic carbocycles. The van der Waals surface area contributed by atoms with E-state index in [1.54, 1.807) is 18.6 Å². The first-order chi connectivity index (χ1) is 13.9. The highest BCUT2D eigenvalue weighted by Crippen LogP contribution is 2.30. The zero-order valence-electron chi connectivity index (χ0n) is 16.7. The van der Waals surface area contributed by atoms with E-state index in [-0.39, 0.29) is 11.7 Å². The van der Waals surface area contributed by atoms with Gasteiger partial charge in [-0.1, -0.05) is 19.1 Å². The number of aliphatic hydroxyl groups is 1. The predicted molar refractivity (Wildman–Crippen MR) is 110 cm³/mol. The smallest absolute Gasteiger partial charge is 0.123 e. The monoisotopic (exact) mass is 392 g/mol. The first kappa shape index (κ1) is 19.5. The van der Waals surface area contributed by atoms with Gasteiger partial charge in [0.25, 0.3) is 0 Å². The Morgan fingerprint density at radius 3 is 2.48 bits per heavy atom. The molecule has 0 radical (unpaired) electrons. The molecule has 150 valence electrons. The number of β-amino-alcohol motifs (C(OH)–C–C–N with tert-alkyl or cyclic N) is 1. The molecule has 2 aromatic heterocycles. The van der Waals surface area contributed by atoms with Crippen LogP contribution < -0.4 is 4.90 Å². The number of anilines is 1. The van der Waals surface area contributed by atoms with Crippen LogP contribution in [0.2, 0.25) is 0 Å². The third-order valence-corrected chi connectivity index (χ3v) is 5.28. The van der Waals surface area contributed by atoms with Crippen LogP contribution in [0.3, 0.4) is 0 Å². The summed E-state index contributed by atoms with van der Waals surface area (Å²) in [7, 11) is 0. The first-order valence-electron chi connectivity index (χ1n) is 9.85. The lowest BCUT2D eigenvalue weighted by molar-refractivity contribution is 0.0310. The van der Waals surface area contributed by atoms with Crippen LogP contribution in [0.1, 0.15) is 42.4 Å². The van der Waals surface area contributed by atoms with Crippen molar-refractivity contribution in [2.75, 3.05) is 18.0 Å². The molecule has 6 heteroatoms. The Morgan fingerprint density at radius 1 is 1.10 bits per heavy atom. The van der Waals surface area contributed by atoms with Gasteiger partial charge in [0.1, 0.15) is 5.82 Å². The molecule has 0 bridgehead atoms. The minimum Gasteiger partial charge on any atom is -0.386 e. The highest BCUT2D eigenvalue weighted by molar-refractivity contribution is 5.52. The van der Waals surface area contributed by atoms with Crippen LogP contribution in [0.25, 0.3) is 0 Å². The zero-order chi connectivity index (χ0) is 20.4. The summed E-state index contributed by atoms with van der Waals surface area (Å²) < 4.78 is 13.2. The first-order valence-corrected chi connectivity index (χ1v) is 9.85. The van der Waals surface area contributed by atoms with Gasteiger partial charge in [-0.15, -0.1) is 0 Å². The van der Waals surface area contributed by atoms with Crippen molar-refractivity contribution >= 4 is 5.69 Å². The van der Waals surface area contributed by atoms with Gasteiger partial charge in [-0.3, -0.25) is 15.0 Å². The maximum Gasteiger partial charge on any atom is 0.123 e. The largest absolute Gasteiger partial charge is 0.386 e. The fraction of sp³-hybridized carbons (Fsp3) is 0.348. The molecule has 1 atom stereocenters. The Balaban J connectivity index is 1.59. The number of pyridine rings is 1. The highest BCUT2D eigenvalue weighted by Gasteiger charge is 2.36. The van der Waals surface area contributed by atoms with Gasteiger partial charge in [0, 0.05) is 55.2 Å². The molecule has 4 rings (SSSR count). The Hall–Kier alpha value is -2.86. The third-order valence-electron chi connectivity index (χ3n) is 5.28. The second-order valence-corrected chi connectivity index (χ2v) is 8.19. The zero-order valence-corrected chi connectivity index (χ0v) is 16.7. The van der Waals surface area contributed by atoms with Gasteiger partial charge in [-0.2, -0.15) is 0 Å². The average Bonchev–Trinajstić information content (AvgIpc) is 2.67. The molecule has 3 aromatic rings. The van der Waals surface area contributed by atoms with Crippen molar-refractivity contribution in [3.8, 4) is 0 Å². The third kappa shape index (κ3) is 4.77. The van der Waals surface area contributed by atoms with E-state index in [4.69, 9.17) is 4.98 Å². The molecule has 0 spiro atoms. The summed E-state index contributed by atoms with van der Waals surface area (Å²) in [6.07, 6.45) is 6.44. The fourth-order valence-corrected chi connectivity index (χ4v) is 3.80. The van der Waals surface area contributed by atoms with E-state index < -0.39 is 5.60 Å². The van der Waals surface area contributed by atoms with Crippen molar-refractivity contribution in [1.29, 1.82) is 0 Å². The average molecular weight is 392 g/mol. The minimum absolute atomic E-state index is 0.210. The summed E-state index contributed by atoms with van der Waals surface area (Å²) in [6, 6.07) is 10.8. The maximum atomic E-state index is 13.2. The second-order valence-electron chi connectivity index (χ2n) is 8.19. The summed E-state index contributed by atoms with van der Waals surface area (Å²) >= 11 is 0. The van der Waals surface area contributed by atoms with E-state index in [0.717, 1.165) is 34.8 Å². The summed E-state index contributed by atoms with van der Waals surface area (Å²) in [5, 5.41) is 10.1. The number of hydrogen-bond donors (Lipinski definition) is 1. The topological polar surface area (TPSA) is 62.1 Å². The van der Waals surface area contributed by atoms with Crippen LogP contribution in [0.5, 0.6) is 0 Å². The Bertz CT molecular complexity index is 968. The number of aromatic nitrogens is 3. The van der Waals surface area contributed by atoms with E-state index in [1.807, 2.05) is 19.1 Å². The molecule has 0 saturated carbocycles. The van der Waals surface area contributed by atoms with E-state index in [1.165, 1.54) is 12.1 Å². The van der Waals surface area contributed by atoms with E-state index >= 15 is 0 Å². The van der Waals surface area contributed by atoms with Crippen molar-refractivity contribution in [3.63, 3.8) is 0 Å². The predicted octanol–water partition coefficient (Wildman–Crippen LogP) is 3.52.